The van der Waals surface area contributed by atoms with E-state index in [9.17, 15) is 14.4 Å². The highest BCUT2D eigenvalue weighted by molar-refractivity contribution is 7.13. The molecule has 1 fully saturated rings. The van der Waals surface area contributed by atoms with E-state index in [1.54, 1.807) is 12.5 Å². The number of amides is 3. The smallest absolute Gasteiger partial charge is 0.248 e. The van der Waals surface area contributed by atoms with Crippen molar-refractivity contribution in [2.45, 2.75) is 31.7 Å². The summed E-state index contributed by atoms with van der Waals surface area (Å²) < 4.78 is 5.30. The zero-order valence-electron chi connectivity index (χ0n) is 15.5. The molecule has 3 N–H and O–H groups in total. The molecule has 0 aliphatic carbocycles. The topological polar surface area (TPSA) is 109 Å². The highest BCUT2D eigenvalue weighted by Gasteiger charge is 2.27. The van der Waals surface area contributed by atoms with Crippen LogP contribution in [0, 0.1) is 0 Å². The second kappa shape index (κ2) is 9.32. The van der Waals surface area contributed by atoms with Gasteiger partial charge in [-0.3, -0.25) is 14.4 Å². The van der Waals surface area contributed by atoms with E-state index in [0.29, 0.717) is 36.6 Å². The molecule has 0 saturated carbocycles. The molecule has 1 aliphatic rings. The monoisotopic (exact) mass is 402 g/mol. The zero-order chi connectivity index (χ0) is 19.9. The number of carbonyl (C=O) groups is 3. The molecule has 9 heteroatoms. The molecule has 1 atom stereocenters. The third-order valence-corrected chi connectivity index (χ3v) is 5.15. The molecule has 0 bridgehead atoms. The Hall–Kier alpha value is -2.94. The van der Waals surface area contributed by atoms with Gasteiger partial charge in [0.15, 0.2) is 5.13 Å². The fourth-order valence-electron chi connectivity index (χ4n) is 2.92. The van der Waals surface area contributed by atoms with Gasteiger partial charge < -0.3 is 20.7 Å². The molecule has 3 amide bonds. The predicted octanol–water partition coefficient (Wildman–Crippen LogP) is 1.27. The molecule has 2 aromatic rings. The Labute approximate surface area is 166 Å². The van der Waals surface area contributed by atoms with Gasteiger partial charge in [0.2, 0.25) is 17.7 Å². The maximum Gasteiger partial charge on any atom is 0.248 e. The maximum absolute atomic E-state index is 12.1. The van der Waals surface area contributed by atoms with E-state index in [4.69, 9.17) is 4.74 Å². The summed E-state index contributed by atoms with van der Waals surface area (Å²) >= 11 is 1.25. The highest BCUT2D eigenvalue weighted by atomic mass is 32.1. The fourth-order valence-corrected chi connectivity index (χ4v) is 3.64. The SMILES string of the molecule is COc1ccccc1CCNC(=O)Cc1csc(NC(=O)C2CCC(=O)N2)n1. The molecule has 2 heterocycles. The number of thiazole rings is 1. The van der Waals surface area contributed by atoms with Gasteiger partial charge in [-0.2, -0.15) is 0 Å². The zero-order valence-corrected chi connectivity index (χ0v) is 16.3. The number of nitrogens with one attached hydrogen (secondary N) is 3. The summed E-state index contributed by atoms with van der Waals surface area (Å²) in [6, 6.07) is 7.17. The minimum atomic E-state index is -0.516. The van der Waals surface area contributed by atoms with E-state index >= 15 is 0 Å². The minimum absolute atomic E-state index is 0.121. The first-order valence-corrected chi connectivity index (χ1v) is 9.86. The minimum Gasteiger partial charge on any atom is -0.496 e. The summed E-state index contributed by atoms with van der Waals surface area (Å²) in [6.07, 6.45) is 1.65. The van der Waals surface area contributed by atoms with Gasteiger partial charge in [0.25, 0.3) is 0 Å². The van der Waals surface area contributed by atoms with Crippen molar-refractivity contribution in [1.29, 1.82) is 0 Å². The molecule has 148 valence electrons. The standard InChI is InChI=1S/C19H22N4O4S/c1-27-15-5-3-2-4-12(15)8-9-20-17(25)10-13-11-28-19(21-13)23-18(26)14-6-7-16(24)22-14/h2-5,11,14H,6-10H2,1H3,(H,20,25)(H,22,24)(H,21,23,26). The van der Waals surface area contributed by atoms with Gasteiger partial charge in [-0.25, -0.2) is 4.98 Å². The van der Waals surface area contributed by atoms with Crippen molar-refractivity contribution in [1.82, 2.24) is 15.6 Å². The normalized spacial score (nSPS) is 15.8. The summed E-state index contributed by atoms with van der Waals surface area (Å²) in [7, 11) is 1.62. The Balaban J connectivity index is 1.43. The van der Waals surface area contributed by atoms with Gasteiger partial charge in [0, 0.05) is 18.3 Å². The number of nitrogens with zero attached hydrogens (tertiary/aromatic N) is 1. The van der Waals surface area contributed by atoms with Crippen LogP contribution in [0.3, 0.4) is 0 Å². The quantitative estimate of drug-likeness (QED) is 0.616. The van der Waals surface area contributed by atoms with Gasteiger partial charge in [-0.15, -0.1) is 11.3 Å². The highest BCUT2D eigenvalue weighted by Crippen LogP contribution is 2.18. The van der Waals surface area contributed by atoms with Crippen molar-refractivity contribution in [3.8, 4) is 5.75 Å². The number of para-hydroxylation sites is 1. The third kappa shape index (κ3) is 5.29. The van der Waals surface area contributed by atoms with Crippen LogP contribution in [-0.4, -0.2) is 42.4 Å². The first-order valence-electron chi connectivity index (χ1n) is 8.98. The van der Waals surface area contributed by atoms with Crippen molar-refractivity contribution in [2.75, 3.05) is 19.0 Å². The summed E-state index contributed by atoms with van der Waals surface area (Å²) in [4.78, 5) is 39.7. The summed E-state index contributed by atoms with van der Waals surface area (Å²) in [5.74, 6) is 0.258. The lowest BCUT2D eigenvalue weighted by Gasteiger charge is -2.09. The number of aromatic nitrogens is 1. The molecule has 1 unspecified atom stereocenters. The Morgan fingerprint density at radius 2 is 2.18 bits per heavy atom. The van der Waals surface area contributed by atoms with Crippen LogP contribution in [0.4, 0.5) is 5.13 Å². The van der Waals surface area contributed by atoms with Crippen LogP contribution in [-0.2, 0) is 27.2 Å². The largest absolute Gasteiger partial charge is 0.496 e. The van der Waals surface area contributed by atoms with Crippen molar-refractivity contribution < 1.29 is 19.1 Å². The van der Waals surface area contributed by atoms with Crippen molar-refractivity contribution in [3.63, 3.8) is 0 Å². The second-order valence-corrected chi connectivity index (χ2v) is 7.24. The van der Waals surface area contributed by atoms with E-state index in [-0.39, 0.29) is 24.1 Å². The summed E-state index contributed by atoms with van der Waals surface area (Å²) in [5.41, 5.74) is 1.62. The number of methoxy groups -OCH3 is 1. The summed E-state index contributed by atoms with van der Waals surface area (Å²) in [5, 5.41) is 10.3. The Kier molecular flexibility index (Phi) is 6.59. The van der Waals surface area contributed by atoms with Gasteiger partial charge in [0.1, 0.15) is 11.8 Å². The number of ether oxygens (including phenoxy) is 1. The number of benzene rings is 1. The lowest BCUT2D eigenvalue weighted by atomic mass is 10.1. The van der Waals surface area contributed by atoms with Crippen LogP contribution < -0.4 is 20.7 Å². The number of hydrogen-bond acceptors (Lipinski definition) is 6. The molecule has 8 nitrogen and oxygen atoms in total. The molecular formula is C19H22N4O4S. The average Bonchev–Trinajstić information content (AvgIpc) is 3.31. The van der Waals surface area contributed by atoms with Gasteiger partial charge in [-0.05, 0) is 24.5 Å². The van der Waals surface area contributed by atoms with Crippen molar-refractivity contribution in [2.24, 2.45) is 0 Å². The van der Waals surface area contributed by atoms with E-state index in [1.165, 1.54) is 11.3 Å². The molecule has 1 saturated heterocycles. The van der Waals surface area contributed by atoms with Crippen molar-refractivity contribution in [3.05, 3.63) is 40.9 Å². The van der Waals surface area contributed by atoms with Gasteiger partial charge in [-0.1, -0.05) is 18.2 Å². The summed E-state index contributed by atoms with van der Waals surface area (Å²) in [6.45, 7) is 0.494. The van der Waals surface area contributed by atoms with E-state index in [0.717, 1.165) is 11.3 Å². The first kappa shape index (κ1) is 19.8. The Bertz CT molecular complexity index is 867. The lowest BCUT2D eigenvalue weighted by Crippen LogP contribution is -2.37. The molecule has 3 rings (SSSR count). The maximum atomic E-state index is 12.1. The van der Waals surface area contributed by atoms with Crippen LogP contribution in [0.1, 0.15) is 24.1 Å². The molecule has 1 aliphatic heterocycles. The second-order valence-electron chi connectivity index (χ2n) is 6.38. The van der Waals surface area contributed by atoms with Gasteiger partial charge in [0.05, 0.1) is 19.2 Å². The number of carbonyl (C=O) groups excluding carboxylic acids is 3. The van der Waals surface area contributed by atoms with Crippen molar-refractivity contribution >= 4 is 34.2 Å². The predicted molar refractivity (Wildman–Crippen MR) is 105 cm³/mol. The Morgan fingerprint density at radius 3 is 2.93 bits per heavy atom. The lowest BCUT2D eigenvalue weighted by molar-refractivity contribution is -0.122. The Morgan fingerprint density at radius 1 is 1.36 bits per heavy atom. The molecular weight excluding hydrogens is 380 g/mol. The van der Waals surface area contributed by atoms with E-state index in [2.05, 4.69) is 20.9 Å². The molecule has 28 heavy (non-hydrogen) atoms. The number of rotatable bonds is 8. The fraction of sp³-hybridized carbons (Fsp3) is 0.368. The van der Waals surface area contributed by atoms with Gasteiger partial charge >= 0.3 is 0 Å². The van der Waals surface area contributed by atoms with Crippen LogP contribution >= 0.6 is 11.3 Å². The number of anilines is 1. The van der Waals surface area contributed by atoms with Crippen LogP contribution in [0.2, 0.25) is 0 Å². The average molecular weight is 402 g/mol. The van der Waals surface area contributed by atoms with E-state index < -0.39 is 6.04 Å². The molecule has 0 radical (unpaired) electrons. The molecule has 1 aromatic heterocycles. The van der Waals surface area contributed by atoms with E-state index in [1.807, 2.05) is 24.3 Å². The first-order chi connectivity index (χ1) is 13.5. The third-order valence-electron chi connectivity index (χ3n) is 4.34. The van der Waals surface area contributed by atoms with Crippen LogP contribution in [0.15, 0.2) is 29.6 Å². The molecule has 1 aromatic carbocycles. The van der Waals surface area contributed by atoms with Crippen LogP contribution in [0.25, 0.3) is 0 Å². The van der Waals surface area contributed by atoms with Crippen LogP contribution in [0.5, 0.6) is 5.75 Å². The molecule has 0 spiro atoms. The number of hydrogen-bond donors (Lipinski definition) is 3.